The number of aromatic nitrogens is 1. The molecule has 1 N–H and O–H groups in total. The largest absolute Gasteiger partial charge is 0.319 e. The Morgan fingerprint density at radius 3 is 3.50 bits per heavy atom. The molecule has 2 heteroatoms. The summed E-state index contributed by atoms with van der Waals surface area (Å²) in [5.41, 5.74) is 1.02. The highest BCUT2D eigenvalue weighted by atomic mass is 14.8. The van der Waals surface area contributed by atoms with Crippen molar-refractivity contribution in [3.63, 3.8) is 0 Å². The van der Waals surface area contributed by atoms with Crippen LogP contribution >= 0.6 is 0 Å². The molecule has 0 aromatic carbocycles. The van der Waals surface area contributed by atoms with Crippen molar-refractivity contribution in [3.8, 4) is 0 Å². The molecule has 0 aliphatic carbocycles. The van der Waals surface area contributed by atoms with E-state index in [1.807, 2.05) is 24.3 Å². The van der Waals surface area contributed by atoms with Gasteiger partial charge in [0.25, 0.3) is 0 Å². The van der Waals surface area contributed by atoms with E-state index < -0.39 is 6.98 Å². The number of nitrogens with one attached hydrogen (secondary N) is 1. The van der Waals surface area contributed by atoms with Gasteiger partial charge >= 0.3 is 0 Å². The average Bonchev–Trinajstić information content (AvgIpc) is 2.17. The highest BCUT2D eigenvalue weighted by molar-refractivity contribution is 5.47. The summed E-state index contributed by atoms with van der Waals surface area (Å²) in [4.78, 5) is 3.97. The summed E-state index contributed by atoms with van der Waals surface area (Å²) in [6.07, 6.45) is 8.01. The molecule has 0 aliphatic heterocycles. The standard InChI is InChI=1S/C10H14N2/c1-11-7-3-2-5-10-6-4-8-12-9-10/h2,4-6,8-9,11H,3,7H2,1H3/b5-2+/i1D3. The van der Waals surface area contributed by atoms with Crippen LogP contribution in [0.15, 0.2) is 30.6 Å². The number of pyridine rings is 1. The van der Waals surface area contributed by atoms with E-state index in [1.165, 1.54) is 0 Å². The van der Waals surface area contributed by atoms with E-state index in [4.69, 9.17) is 4.11 Å². The molecule has 0 radical (unpaired) electrons. The van der Waals surface area contributed by atoms with Gasteiger partial charge in [0.15, 0.2) is 0 Å². The third-order valence-electron chi connectivity index (χ3n) is 1.43. The van der Waals surface area contributed by atoms with E-state index in [0.29, 0.717) is 13.0 Å². The fourth-order valence-corrected chi connectivity index (χ4v) is 0.849. The number of nitrogens with zero attached hydrogens (tertiary/aromatic N) is 1. The molecule has 0 saturated carbocycles. The maximum atomic E-state index is 6.92. The van der Waals surface area contributed by atoms with Gasteiger partial charge in [0.05, 0.1) is 0 Å². The van der Waals surface area contributed by atoms with E-state index in [1.54, 1.807) is 12.4 Å². The lowest BCUT2D eigenvalue weighted by Gasteiger charge is -1.92. The molecular formula is C10H14N2. The molecule has 0 aliphatic rings. The predicted octanol–water partition coefficient (Wildman–Crippen LogP) is 1.70. The zero-order valence-electron chi connectivity index (χ0n) is 9.83. The van der Waals surface area contributed by atoms with Crippen molar-refractivity contribution in [2.75, 3.05) is 13.5 Å². The van der Waals surface area contributed by atoms with Gasteiger partial charge in [0, 0.05) is 16.5 Å². The summed E-state index contributed by atoms with van der Waals surface area (Å²) in [7, 11) is 0. The predicted molar refractivity (Wildman–Crippen MR) is 51.8 cm³/mol. The van der Waals surface area contributed by atoms with Gasteiger partial charge in [-0.1, -0.05) is 18.2 Å². The Hall–Kier alpha value is -1.15. The number of hydrogen-bond acceptors (Lipinski definition) is 2. The van der Waals surface area contributed by atoms with Gasteiger partial charge in [-0.25, -0.2) is 0 Å². The highest BCUT2D eigenvalue weighted by Crippen LogP contribution is 1.98. The quantitative estimate of drug-likeness (QED) is 0.687. The van der Waals surface area contributed by atoms with Gasteiger partial charge < -0.3 is 5.32 Å². The van der Waals surface area contributed by atoms with E-state index in [0.717, 1.165) is 5.56 Å². The molecular weight excluding hydrogens is 148 g/mol. The first-order chi connectivity index (χ1) is 7.08. The van der Waals surface area contributed by atoms with Crippen LogP contribution < -0.4 is 5.32 Å². The third kappa shape index (κ3) is 3.30. The first-order valence-corrected chi connectivity index (χ1v) is 3.89. The smallest absolute Gasteiger partial charge is 0.0391 e. The van der Waals surface area contributed by atoms with Crippen molar-refractivity contribution in [3.05, 3.63) is 36.2 Å². The molecule has 0 bridgehead atoms. The zero-order chi connectivity index (χ0) is 11.1. The average molecular weight is 165 g/mol. The minimum Gasteiger partial charge on any atom is -0.319 e. The van der Waals surface area contributed by atoms with Crippen LogP contribution in [0.4, 0.5) is 0 Å². The Morgan fingerprint density at radius 1 is 1.75 bits per heavy atom. The Kier molecular flexibility index (Phi) is 2.51. The minimum atomic E-state index is -2.04. The summed E-state index contributed by atoms with van der Waals surface area (Å²) in [5, 5.41) is 2.44. The lowest BCUT2D eigenvalue weighted by molar-refractivity contribution is 0.809. The van der Waals surface area contributed by atoms with Crippen LogP contribution in [0.1, 0.15) is 16.1 Å². The second-order valence-corrected chi connectivity index (χ2v) is 2.40. The Bertz CT molecular complexity index is 306. The fraction of sp³-hybridized carbons (Fsp3) is 0.300. The van der Waals surface area contributed by atoms with Crippen LogP contribution in [0.3, 0.4) is 0 Å². The Labute approximate surface area is 77.6 Å². The summed E-state index contributed by atoms with van der Waals surface area (Å²) in [5.74, 6) is 0. The first-order valence-electron chi connectivity index (χ1n) is 5.39. The SMILES string of the molecule is [2H]C([2H])([2H])NCC/C=C/c1cccnc1. The molecule has 0 saturated heterocycles. The van der Waals surface area contributed by atoms with Crippen molar-refractivity contribution in [1.29, 1.82) is 0 Å². The van der Waals surface area contributed by atoms with Crippen LogP contribution in [0.25, 0.3) is 6.08 Å². The van der Waals surface area contributed by atoms with E-state index in [9.17, 15) is 0 Å². The highest BCUT2D eigenvalue weighted by Gasteiger charge is 1.82. The van der Waals surface area contributed by atoms with Crippen LogP contribution in [0.5, 0.6) is 0 Å². The van der Waals surface area contributed by atoms with Crippen LogP contribution in [-0.2, 0) is 0 Å². The van der Waals surface area contributed by atoms with Gasteiger partial charge in [0.2, 0.25) is 0 Å². The first kappa shape index (κ1) is 5.49. The Morgan fingerprint density at radius 2 is 2.75 bits per heavy atom. The monoisotopic (exact) mass is 165 g/mol. The van der Waals surface area contributed by atoms with E-state index >= 15 is 0 Å². The maximum absolute atomic E-state index is 6.92. The number of rotatable bonds is 4. The second kappa shape index (κ2) is 5.49. The molecule has 1 aromatic rings. The number of hydrogen-bond donors (Lipinski definition) is 1. The molecule has 0 fully saturated rings. The topological polar surface area (TPSA) is 24.9 Å². The molecule has 1 aromatic heterocycles. The van der Waals surface area contributed by atoms with Crippen LogP contribution in [-0.4, -0.2) is 18.5 Å². The molecule has 12 heavy (non-hydrogen) atoms. The van der Waals surface area contributed by atoms with E-state index in [2.05, 4.69) is 10.3 Å². The van der Waals surface area contributed by atoms with E-state index in [-0.39, 0.29) is 0 Å². The van der Waals surface area contributed by atoms with Gasteiger partial charge in [0.1, 0.15) is 0 Å². The summed E-state index contributed by atoms with van der Waals surface area (Å²) < 4.78 is 20.8. The lowest BCUT2D eigenvalue weighted by atomic mass is 10.2. The summed E-state index contributed by atoms with van der Waals surface area (Å²) in [6.45, 7) is -1.59. The normalized spacial score (nSPS) is 15.5. The van der Waals surface area contributed by atoms with Crippen LogP contribution in [0.2, 0.25) is 0 Å². The van der Waals surface area contributed by atoms with Crippen molar-refractivity contribution < 1.29 is 4.11 Å². The van der Waals surface area contributed by atoms with Crippen LogP contribution in [0, 0.1) is 0 Å². The maximum Gasteiger partial charge on any atom is 0.0391 e. The lowest BCUT2D eigenvalue weighted by Crippen LogP contribution is -2.05. The van der Waals surface area contributed by atoms with Gasteiger partial charge in [-0.05, 0) is 31.6 Å². The molecule has 2 nitrogen and oxygen atoms in total. The summed E-state index contributed by atoms with van der Waals surface area (Å²) >= 11 is 0. The second-order valence-electron chi connectivity index (χ2n) is 2.40. The molecule has 0 unspecified atom stereocenters. The molecule has 0 amide bonds. The van der Waals surface area contributed by atoms with Gasteiger partial charge in [-0.2, -0.15) is 0 Å². The minimum absolute atomic E-state index is 0.452. The molecule has 0 spiro atoms. The fourth-order valence-electron chi connectivity index (χ4n) is 0.849. The van der Waals surface area contributed by atoms with Crippen molar-refractivity contribution in [1.82, 2.24) is 10.3 Å². The van der Waals surface area contributed by atoms with Gasteiger partial charge in [-0.3, -0.25) is 4.98 Å². The molecule has 0 atom stereocenters. The molecule has 1 heterocycles. The van der Waals surface area contributed by atoms with Crippen molar-refractivity contribution in [2.45, 2.75) is 6.42 Å². The third-order valence-corrected chi connectivity index (χ3v) is 1.43. The molecule has 64 valence electrons. The summed E-state index contributed by atoms with van der Waals surface area (Å²) in [6, 6.07) is 3.81. The molecule has 1 rings (SSSR count). The van der Waals surface area contributed by atoms with Crippen molar-refractivity contribution >= 4 is 6.08 Å². The zero-order valence-corrected chi connectivity index (χ0v) is 6.83. The van der Waals surface area contributed by atoms with Crippen molar-refractivity contribution in [2.24, 2.45) is 0 Å². The van der Waals surface area contributed by atoms with Gasteiger partial charge in [-0.15, -0.1) is 0 Å². The Balaban J connectivity index is 2.24.